The summed E-state index contributed by atoms with van der Waals surface area (Å²) < 4.78 is 111. The van der Waals surface area contributed by atoms with E-state index in [2.05, 4.69) is 4.57 Å². The highest BCUT2D eigenvalue weighted by molar-refractivity contribution is 6.15. The Labute approximate surface area is 312 Å². The van der Waals surface area contributed by atoms with Crippen molar-refractivity contribution in [1.29, 1.82) is 0 Å². The van der Waals surface area contributed by atoms with Crippen LogP contribution in [0.5, 0.6) is 11.5 Å². The molecule has 0 N–H and O–H groups in total. The molecule has 1 aliphatic rings. The Balaban J connectivity index is 1.35. The number of hydrogen-bond donors (Lipinski definition) is 0. The van der Waals surface area contributed by atoms with Gasteiger partial charge in [-0.25, -0.2) is 0 Å². The van der Waals surface area contributed by atoms with Gasteiger partial charge in [-0.1, -0.05) is 151 Å². The molecule has 9 aromatic rings. The summed E-state index contributed by atoms with van der Waals surface area (Å²) in [6.45, 7) is 0. The maximum Gasteiger partial charge on any atom is 0.132 e. The fraction of sp³-hybridized carbons (Fsp3) is 0.0204. The lowest BCUT2D eigenvalue weighted by Crippen LogP contribution is -2.34. The van der Waals surface area contributed by atoms with Crippen molar-refractivity contribution in [3.05, 3.63) is 222 Å². The van der Waals surface area contributed by atoms with E-state index < -0.39 is 59.8 Å². The van der Waals surface area contributed by atoms with Crippen LogP contribution in [0.4, 0.5) is 0 Å². The van der Waals surface area contributed by atoms with Crippen LogP contribution in [-0.2, 0) is 5.41 Å². The van der Waals surface area contributed by atoms with E-state index in [1.54, 1.807) is 66.7 Å². The van der Waals surface area contributed by atoms with Crippen molar-refractivity contribution in [2.75, 3.05) is 0 Å². The number of benzene rings is 8. The normalized spacial score (nSPS) is 16.0. The highest BCUT2D eigenvalue weighted by Gasteiger charge is 2.45. The number of fused-ring (bicyclic) bond motifs is 5. The first-order valence-electron chi connectivity index (χ1n) is 22.1. The lowest BCUT2D eigenvalue weighted by atomic mass is 9.63. The molecule has 0 saturated carbocycles. The molecule has 1 aliphatic heterocycles. The van der Waals surface area contributed by atoms with Gasteiger partial charge in [-0.05, 0) is 81.8 Å². The second-order valence-electron chi connectivity index (χ2n) is 12.4. The molecule has 8 aromatic carbocycles. The SMILES string of the molecule is [2H]c1c([2H])c([2H])c2c(c1[2H])Oc1c([2H])c([2H])c(-c3c([2H])c([2H])c([2H])c(-c4cccc5c4c4ccccc4n5-c4ccccc4)c3[2H])c([2H])c1C2(c1ccccc1)c1ccccc1. The van der Waals surface area contributed by atoms with Crippen LogP contribution < -0.4 is 4.74 Å². The van der Waals surface area contributed by atoms with Crippen LogP contribution in [-0.4, -0.2) is 4.57 Å². The molecule has 51 heavy (non-hydrogen) atoms. The molecule has 0 bridgehead atoms. The average Bonchev–Trinajstić information content (AvgIpc) is 3.65. The Kier molecular flexibility index (Phi) is 4.64. The monoisotopic (exact) mass is 662 g/mol. The number of para-hydroxylation sites is 3. The van der Waals surface area contributed by atoms with Gasteiger partial charge in [0.2, 0.25) is 0 Å². The molecule has 0 spiro atoms. The van der Waals surface area contributed by atoms with Crippen LogP contribution in [0.3, 0.4) is 0 Å². The lowest BCUT2D eigenvalue weighted by molar-refractivity contribution is 0.434. The van der Waals surface area contributed by atoms with Crippen LogP contribution in [0.25, 0.3) is 49.7 Å². The first-order valence-corrected chi connectivity index (χ1v) is 16.6. The van der Waals surface area contributed by atoms with Crippen molar-refractivity contribution in [2.45, 2.75) is 5.41 Å². The standard InChI is InChI=1S/C49H33NO/c1-4-18-37(19-5-1)49(38-20-6-2-7-21-38)42-26-11-13-29-46(42)51-47-31-30-35(33-43(47)49)34-16-14-17-36(32-34)40-25-15-28-45-48(40)41-24-10-12-27-44(41)50(45)39-22-8-3-9-23-39/h1-33H/i11D,13D,14D,16D,17D,26D,29D,30D,31D,32D,33D. The van der Waals surface area contributed by atoms with Crippen molar-refractivity contribution in [3.63, 3.8) is 0 Å². The molecular formula is C49H33NO. The van der Waals surface area contributed by atoms with Gasteiger partial charge in [0, 0.05) is 27.6 Å². The number of aromatic nitrogens is 1. The van der Waals surface area contributed by atoms with E-state index >= 15 is 0 Å². The van der Waals surface area contributed by atoms with Gasteiger partial charge in [0.05, 0.1) is 31.5 Å². The van der Waals surface area contributed by atoms with Crippen LogP contribution >= 0.6 is 0 Å². The molecular weight excluding hydrogens is 619 g/mol. The smallest absolute Gasteiger partial charge is 0.132 e. The summed E-state index contributed by atoms with van der Waals surface area (Å²) in [7, 11) is 0. The van der Waals surface area contributed by atoms with E-state index in [0.29, 0.717) is 22.1 Å². The summed E-state index contributed by atoms with van der Waals surface area (Å²) in [4.78, 5) is 0. The molecule has 0 fully saturated rings. The molecule has 0 amide bonds. The van der Waals surface area contributed by atoms with E-state index in [4.69, 9.17) is 8.85 Å². The topological polar surface area (TPSA) is 14.2 Å². The van der Waals surface area contributed by atoms with Crippen molar-refractivity contribution in [2.24, 2.45) is 0 Å². The maximum absolute atomic E-state index is 10.2. The summed E-state index contributed by atoms with van der Waals surface area (Å²) >= 11 is 0. The van der Waals surface area contributed by atoms with Gasteiger partial charge in [0.1, 0.15) is 11.5 Å². The largest absolute Gasteiger partial charge is 0.457 e. The molecule has 2 nitrogen and oxygen atoms in total. The van der Waals surface area contributed by atoms with Crippen molar-refractivity contribution >= 4 is 21.8 Å². The van der Waals surface area contributed by atoms with Gasteiger partial charge in [-0.2, -0.15) is 0 Å². The molecule has 10 rings (SSSR count). The Bertz CT molecular complexity index is 3290. The number of hydrogen-bond acceptors (Lipinski definition) is 1. The van der Waals surface area contributed by atoms with Gasteiger partial charge in [0.15, 0.2) is 0 Å². The number of ether oxygens (including phenoxy) is 1. The highest BCUT2D eigenvalue weighted by Crippen LogP contribution is 2.56. The predicted molar refractivity (Wildman–Crippen MR) is 210 cm³/mol. The van der Waals surface area contributed by atoms with Crippen LogP contribution in [0.15, 0.2) is 200 Å². The van der Waals surface area contributed by atoms with Gasteiger partial charge in [-0.3, -0.25) is 0 Å². The Morgan fingerprint density at radius 3 is 1.88 bits per heavy atom. The minimum atomic E-state index is -1.76. The first-order chi connectivity index (χ1) is 29.9. The van der Waals surface area contributed by atoms with E-state index in [1.165, 1.54) is 0 Å². The highest BCUT2D eigenvalue weighted by atomic mass is 16.5. The van der Waals surface area contributed by atoms with Crippen molar-refractivity contribution in [3.8, 4) is 39.4 Å². The molecule has 1 aromatic heterocycles. The van der Waals surface area contributed by atoms with Crippen LogP contribution in [0, 0.1) is 0 Å². The molecule has 2 heterocycles. The molecule has 0 atom stereocenters. The van der Waals surface area contributed by atoms with Gasteiger partial charge in [-0.15, -0.1) is 0 Å². The van der Waals surface area contributed by atoms with Gasteiger partial charge >= 0.3 is 0 Å². The Morgan fingerprint density at radius 2 is 1.10 bits per heavy atom. The van der Waals surface area contributed by atoms with E-state index in [0.717, 1.165) is 22.1 Å². The van der Waals surface area contributed by atoms with Crippen molar-refractivity contribution < 1.29 is 19.8 Å². The minimum Gasteiger partial charge on any atom is -0.457 e. The number of rotatable bonds is 5. The molecule has 240 valence electrons. The van der Waals surface area contributed by atoms with Crippen molar-refractivity contribution in [1.82, 2.24) is 4.57 Å². The zero-order chi connectivity index (χ0) is 43.4. The summed E-state index contributed by atoms with van der Waals surface area (Å²) in [5.41, 5.74) is 1.52. The van der Waals surface area contributed by atoms with E-state index in [9.17, 15) is 11.0 Å². The predicted octanol–water partition coefficient (Wildman–Crippen LogP) is 12.6. The third-order valence-corrected chi connectivity index (χ3v) is 9.66. The molecule has 0 radical (unpaired) electrons. The molecule has 0 unspecified atom stereocenters. The fourth-order valence-electron chi connectivity index (χ4n) is 7.54. The third kappa shape index (κ3) is 4.50. The zero-order valence-electron chi connectivity index (χ0n) is 38.1. The third-order valence-electron chi connectivity index (χ3n) is 9.66. The Morgan fingerprint density at radius 1 is 0.471 bits per heavy atom. The average molecular weight is 663 g/mol. The first kappa shape index (κ1) is 20.1. The van der Waals surface area contributed by atoms with E-state index in [-0.39, 0.29) is 51.4 Å². The van der Waals surface area contributed by atoms with E-state index in [1.807, 2.05) is 66.7 Å². The maximum atomic E-state index is 10.2. The summed E-state index contributed by atoms with van der Waals surface area (Å²) in [6, 6.07) is 35.3. The lowest BCUT2D eigenvalue weighted by Gasteiger charge is -2.41. The summed E-state index contributed by atoms with van der Waals surface area (Å²) in [5.74, 6) is -0.537. The minimum absolute atomic E-state index is 0.00738. The fourth-order valence-corrected chi connectivity index (χ4v) is 7.54. The molecule has 2 heteroatoms. The summed E-state index contributed by atoms with van der Waals surface area (Å²) in [5, 5.41) is 1.52. The quantitative estimate of drug-likeness (QED) is 0.179. The zero-order valence-corrected chi connectivity index (χ0v) is 27.1. The van der Waals surface area contributed by atoms with Crippen LogP contribution in [0.1, 0.15) is 37.3 Å². The Hall–Kier alpha value is -6.64. The van der Waals surface area contributed by atoms with Gasteiger partial charge < -0.3 is 9.30 Å². The number of nitrogens with zero attached hydrogens (tertiary/aromatic N) is 1. The molecule has 0 aliphatic carbocycles. The molecule has 0 saturated heterocycles. The van der Waals surface area contributed by atoms with Crippen LogP contribution in [0.2, 0.25) is 0 Å². The summed E-state index contributed by atoms with van der Waals surface area (Å²) in [6.07, 6.45) is 0. The van der Waals surface area contributed by atoms with Gasteiger partial charge in [0.25, 0.3) is 0 Å². The second-order valence-corrected chi connectivity index (χ2v) is 12.4. The second kappa shape index (κ2) is 11.8.